The van der Waals surface area contributed by atoms with Gasteiger partial charge in [-0.1, -0.05) is 15.9 Å². The second-order valence-electron chi connectivity index (χ2n) is 3.63. The minimum Gasteiger partial charge on any atom is -0.339 e. The van der Waals surface area contributed by atoms with Crippen LogP contribution in [0.1, 0.15) is 11.1 Å². The number of nitrogens with zero attached hydrogens (tertiary/aromatic N) is 1. The molecule has 0 aromatic heterocycles. The van der Waals surface area contributed by atoms with E-state index >= 15 is 0 Å². The van der Waals surface area contributed by atoms with Crippen LogP contribution in [-0.4, -0.2) is 24.2 Å². The van der Waals surface area contributed by atoms with Crippen LogP contribution >= 0.6 is 27.7 Å². The Balaban J connectivity index is 2.93. The Bertz CT molecular complexity index is 367. The van der Waals surface area contributed by atoms with Crippen LogP contribution in [0.2, 0.25) is 0 Å². The van der Waals surface area contributed by atoms with Crippen LogP contribution in [0.4, 0.5) is 4.79 Å². The molecule has 0 saturated heterocycles. The molecule has 0 aliphatic carbocycles. The first-order valence-electron chi connectivity index (χ1n) is 4.57. The van der Waals surface area contributed by atoms with Gasteiger partial charge in [-0.3, -0.25) is 4.79 Å². The van der Waals surface area contributed by atoms with Crippen molar-refractivity contribution in [2.45, 2.75) is 18.7 Å². The summed E-state index contributed by atoms with van der Waals surface area (Å²) in [5, 5.41) is 0.0520. The number of aryl methyl sites for hydroxylation is 2. The molecular formula is C11H14BrNOS. The van der Waals surface area contributed by atoms with E-state index in [9.17, 15) is 4.79 Å². The number of carbonyl (C=O) groups is 1. The largest absolute Gasteiger partial charge is 0.339 e. The predicted octanol–water partition coefficient (Wildman–Crippen LogP) is 3.84. The molecule has 0 aliphatic rings. The van der Waals surface area contributed by atoms with E-state index in [0.717, 1.165) is 20.5 Å². The van der Waals surface area contributed by atoms with Crippen molar-refractivity contribution in [3.8, 4) is 0 Å². The molecule has 0 heterocycles. The topological polar surface area (TPSA) is 20.3 Å². The standard InChI is InChI=1S/C11H14BrNOS/c1-7-5-9(6-8(2)10(7)12)15-11(14)13(3)4/h5-6H,1-4H3. The summed E-state index contributed by atoms with van der Waals surface area (Å²) < 4.78 is 1.11. The molecule has 0 atom stereocenters. The first-order valence-corrected chi connectivity index (χ1v) is 6.18. The number of hydrogen-bond acceptors (Lipinski definition) is 2. The Morgan fingerprint density at radius 2 is 1.73 bits per heavy atom. The summed E-state index contributed by atoms with van der Waals surface area (Å²) in [6, 6.07) is 4.03. The minimum atomic E-state index is 0.0520. The van der Waals surface area contributed by atoms with E-state index in [-0.39, 0.29) is 5.24 Å². The number of benzene rings is 1. The highest BCUT2D eigenvalue weighted by Crippen LogP contribution is 2.28. The van der Waals surface area contributed by atoms with E-state index in [1.54, 1.807) is 19.0 Å². The van der Waals surface area contributed by atoms with Crippen LogP contribution in [0.5, 0.6) is 0 Å². The average molecular weight is 288 g/mol. The number of rotatable bonds is 1. The number of carbonyl (C=O) groups excluding carboxylic acids is 1. The highest BCUT2D eigenvalue weighted by atomic mass is 79.9. The van der Waals surface area contributed by atoms with Crippen molar-refractivity contribution in [2.24, 2.45) is 0 Å². The number of amides is 1. The zero-order chi connectivity index (χ0) is 11.6. The summed E-state index contributed by atoms with van der Waals surface area (Å²) in [6.45, 7) is 4.06. The van der Waals surface area contributed by atoms with E-state index in [1.165, 1.54) is 11.8 Å². The normalized spacial score (nSPS) is 10.2. The molecule has 1 rings (SSSR count). The number of thioether (sulfide) groups is 1. The summed E-state index contributed by atoms with van der Waals surface area (Å²) in [5.41, 5.74) is 2.31. The van der Waals surface area contributed by atoms with Gasteiger partial charge in [0.15, 0.2) is 0 Å². The fraction of sp³-hybridized carbons (Fsp3) is 0.364. The maximum absolute atomic E-state index is 11.5. The fourth-order valence-electron chi connectivity index (χ4n) is 1.16. The van der Waals surface area contributed by atoms with Gasteiger partial charge in [-0.2, -0.15) is 0 Å². The van der Waals surface area contributed by atoms with Crippen molar-refractivity contribution in [2.75, 3.05) is 14.1 Å². The van der Waals surface area contributed by atoms with Crippen LogP contribution in [0, 0.1) is 13.8 Å². The summed E-state index contributed by atoms with van der Waals surface area (Å²) in [5.74, 6) is 0. The van der Waals surface area contributed by atoms with E-state index in [0.29, 0.717) is 0 Å². The molecule has 0 N–H and O–H groups in total. The molecule has 0 saturated carbocycles. The lowest BCUT2D eigenvalue weighted by Gasteiger charge is -2.11. The Kier molecular flexibility index (Phi) is 4.22. The molecule has 0 fully saturated rings. The maximum atomic E-state index is 11.5. The van der Waals surface area contributed by atoms with Crippen molar-refractivity contribution in [1.29, 1.82) is 0 Å². The molecule has 1 amide bonds. The highest BCUT2D eigenvalue weighted by Gasteiger charge is 2.09. The van der Waals surface area contributed by atoms with Crippen molar-refractivity contribution >= 4 is 32.9 Å². The van der Waals surface area contributed by atoms with E-state index < -0.39 is 0 Å². The van der Waals surface area contributed by atoms with Crippen molar-refractivity contribution in [3.05, 3.63) is 27.7 Å². The summed E-state index contributed by atoms with van der Waals surface area (Å²) in [6.07, 6.45) is 0. The molecule has 0 aliphatic heterocycles. The first-order chi connectivity index (χ1) is 6.91. The molecule has 82 valence electrons. The third-order valence-electron chi connectivity index (χ3n) is 1.98. The molecule has 0 radical (unpaired) electrons. The van der Waals surface area contributed by atoms with Gasteiger partial charge in [-0.05, 0) is 48.9 Å². The first kappa shape index (κ1) is 12.6. The molecule has 2 nitrogen and oxygen atoms in total. The van der Waals surface area contributed by atoms with Crippen molar-refractivity contribution in [3.63, 3.8) is 0 Å². The monoisotopic (exact) mass is 287 g/mol. The van der Waals surface area contributed by atoms with Crippen LogP contribution < -0.4 is 0 Å². The van der Waals surface area contributed by atoms with Crippen LogP contribution in [0.15, 0.2) is 21.5 Å². The quantitative estimate of drug-likeness (QED) is 0.732. The average Bonchev–Trinajstić information content (AvgIpc) is 2.13. The van der Waals surface area contributed by atoms with E-state index in [4.69, 9.17) is 0 Å². The van der Waals surface area contributed by atoms with Gasteiger partial charge in [-0.15, -0.1) is 0 Å². The molecule has 1 aromatic carbocycles. The molecule has 1 aromatic rings. The van der Waals surface area contributed by atoms with E-state index in [1.807, 2.05) is 26.0 Å². The Morgan fingerprint density at radius 3 is 2.13 bits per heavy atom. The zero-order valence-electron chi connectivity index (χ0n) is 9.30. The van der Waals surface area contributed by atoms with Crippen LogP contribution in [0.3, 0.4) is 0 Å². The number of hydrogen-bond donors (Lipinski definition) is 0. The second kappa shape index (κ2) is 5.03. The van der Waals surface area contributed by atoms with Gasteiger partial charge in [0.1, 0.15) is 0 Å². The fourth-order valence-corrected chi connectivity index (χ4v) is 2.24. The van der Waals surface area contributed by atoms with E-state index in [2.05, 4.69) is 15.9 Å². The maximum Gasteiger partial charge on any atom is 0.285 e. The minimum absolute atomic E-state index is 0.0520. The molecule has 0 spiro atoms. The van der Waals surface area contributed by atoms with Gasteiger partial charge < -0.3 is 4.90 Å². The molecule has 15 heavy (non-hydrogen) atoms. The zero-order valence-corrected chi connectivity index (χ0v) is 11.7. The highest BCUT2D eigenvalue weighted by molar-refractivity contribution is 9.10. The third-order valence-corrected chi connectivity index (χ3v) is 4.24. The number of halogens is 1. The van der Waals surface area contributed by atoms with Gasteiger partial charge in [-0.25, -0.2) is 0 Å². The predicted molar refractivity (Wildman–Crippen MR) is 68.6 cm³/mol. The van der Waals surface area contributed by atoms with Gasteiger partial charge in [0.2, 0.25) is 0 Å². The molecule has 4 heteroatoms. The second-order valence-corrected chi connectivity index (χ2v) is 5.45. The lowest BCUT2D eigenvalue weighted by atomic mass is 10.2. The molecule has 0 bridgehead atoms. The van der Waals surface area contributed by atoms with Crippen molar-refractivity contribution in [1.82, 2.24) is 4.90 Å². The lowest BCUT2D eigenvalue weighted by molar-refractivity contribution is 0.241. The summed E-state index contributed by atoms with van der Waals surface area (Å²) >= 11 is 4.76. The van der Waals surface area contributed by atoms with Crippen LogP contribution in [-0.2, 0) is 0 Å². The van der Waals surface area contributed by atoms with Gasteiger partial charge in [0, 0.05) is 23.5 Å². The Labute approximate surface area is 103 Å². The summed E-state index contributed by atoms with van der Waals surface area (Å²) in [4.78, 5) is 14.1. The van der Waals surface area contributed by atoms with Crippen LogP contribution in [0.25, 0.3) is 0 Å². The Morgan fingerprint density at radius 1 is 1.27 bits per heavy atom. The molecule has 0 unspecified atom stereocenters. The third kappa shape index (κ3) is 3.24. The smallest absolute Gasteiger partial charge is 0.285 e. The summed E-state index contributed by atoms with van der Waals surface area (Å²) in [7, 11) is 3.52. The molecular weight excluding hydrogens is 274 g/mol. The van der Waals surface area contributed by atoms with Gasteiger partial charge in [0.25, 0.3) is 5.24 Å². The lowest BCUT2D eigenvalue weighted by Crippen LogP contribution is -2.16. The SMILES string of the molecule is Cc1cc(SC(=O)N(C)C)cc(C)c1Br. The Hall–Kier alpha value is -0.480. The van der Waals surface area contributed by atoms with Crippen molar-refractivity contribution < 1.29 is 4.79 Å². The van der Waals surface area contributed by atoms with Gasteiger partial charge in [0.05, 0.1) is 0 Å². The van der Waals surface area contributed by atoms with Gasteiger partial charge >= 0.3 is 0 Å².